The van der Waals surface area contributed by atoms with Gasteiger partial charge in [-0.15, -0.1) is 23.7 Å². The Kier molecular flexibility index (Phi) is 7.56. The molecule has 1 aliphatic rings. The van der Waals surface area contributed by atoms with Gasteiger partial charge in [-0.1, -0.05) is 18.9 Å². The van der Waals surface area contributed by atoms with E-state index in [1.54, 1.807) is 11.3 Å². The molecule has 1 saturated carbocycles. The van der Waals surface area contributed by atoms with Gasteiger partial charge < -0.3 is 10.6 Å². The number of nitrogens with two attached hydrogens (primary N) is 1. The second kappa shape index (κ2) is 8.65. The highest BCUT2D eigenvalue weighted by atomic mass is 35.5. The molecule has 114 valence electrons. The summed E-state index contributed by atoms with van der Waals surface area (Å²) >= 11 is 1.71. The van der Waals surface area contributed by atoms with Crippen molar-refractivity contribution < 1.29 is 4.79 Å². The Morgan fingerprint density at radius 2 is 2.20 bits per heavy atom. The fourth-order valence-corrected chi connectivity index (χ4v) is 3.53. The third-order valence-corrected chi connectivity index (χ3v) is 4.93. The van der Waals surface area contributed by atoms with E-state index in [4.69, 9.17) is 5.73 Å². The van der Waals surface area contributed by atoms with Crippen LogP contribution in [-0.4, -0.2) is 23.4 Å². The SMILES string of the molecule is CCN(Cc1cccs1)C(=O)CC1CCCCC1N.Cl. The second-order valence-electron chi connectivity index (χ2n) is 5.40. The minimum Gasteiger partial charge on any atom is -0.338 e. The molecule has 5 heteroatoms. The van der Waals surface area contributed by atoms with Crippen LogP contribution >= 0.6 is 23.7 Å². The molecular weight excluding hydrogens is 292 g/mol. The molecular formula is C15H25ClN2OS. The van der Waals surface area contributed by atoms with E-state index in [0.29, 0.717) is 12.3 Å². The van der Waals surface area contributed by atoms with Crippen molar-refractivity contribution in [1.29, 1.82) is 0 Å². The van der Waals surface area contributed by atoms with E-state index in [2.05, 4.69) is 11.4 Å². The number of thiophene rings is 1. The summed E-state index contributed by atoms with van der Waals surface area (Å²) in [7, 11) is 0. The largest absolute Gasteiger partial charge is 0.338 e. The molecule has 1 aromatic rings. The van der Waals surface area contributed by atoms with Crippen molar-refractivity contribution in [2.24, 2.45) is 11.7 Å². The van der Waals surface area contributed by atoms with Crippen LogP contribution in [0.25, 0.3) is 0 Å². The van der Waals surface area contributed by atoms with Crippen molar-refractivity contribution in [1.82, 2.24) is 4.90 Å². The standard InChI is InChI=1S/C15H24N2OS.ClH/c1-2-17(11-13-7-5-9-19-13)15(18)10-12-6-3-4-8-14(12)16;/h5,7,9,12,14H,2-4,6,8,10-11,16H2,1H3;1H. The Balaban J connectivity index is 0.00000200. The molecule has 0 aromatic carbocycles. The lowest BCUT2D eigenvalue weighted by atomic mass is 9.83. The number of rotatable bonds is 5. The number of carbonyl (C=O) groups is 1. The van der Waals surface area contributed by atoms with Gasteiger partial charge in [0.15, 0.2) is 0 Å². The Labute approximate surface area is 131 Å². The van der Waals surface area contributed by atoms with Gasteiger partial charge in [-0.25, -0.2) is 0 Å². The number of nitrogens with zero attached hydrogens (tertiary/aromatic N) is 1. The third-order valence-electron chi connectivity index (χ3n) is 4.07. The first kappa shape index (κ1) is 17.5. The fraction of sp³-hybridized carbons (Fsp3) is 0.667. The highest BCUT2D eigenvalue weighted by Gasteiger charge is 2.26. The number of carbonyl (C=O) groups excluding carboxylic acids is 1. The van der Waals surface area contributed by atoms with Crippen molar-refractivity contribution in [3.63, 3.8) is 0 Å². The molecule has 20 heavy (non-hydrogen) atoms. The van der Waals surface area contributed by atoms with Crippen LogP contribution in [0.1, 0.15) is 43.9 Å². The number of halogens is 1. The van der Waals surface area contributed by atoms with E-state index < -0.39 is 0 Å². The summed E-state index contributed by atoms with van der Waals surface area (Å²) < 4.78 is 0. The van der Waals surface area contributed by atoms with Crippen LogP contribution in [0.15, 0.2) is 17.5 Å². The molecule has 0 saturated heterocycles. The zero-order valence-electron chi connectivity index (χ0n) is 12.1. The summed E-state index contributed by atoms with van der Waals surface area (Å²) in [6.07, 6.45) is 5.26. The highest BCUT2D eigenvalue weighted by molar-refractivity contribution is 7.09. The minimum atomic E-state index is 0. The van der Waals surface area contributed by atoms with Crippen LogP contribution in [0.5, 0.6) is 0 Å². The van der Waals surface area contributed by atoms with Crippen molar-refractivity contribution in [2.45, 2.75) is 51.6 Å². The molecule has 1 amide bonds. The number of hydrogen-bond donors (Lipinski definition) is 1. The number of amides is 1. The molecule has 1 aromatic heterocycles. The summed E-state index contributed by atoms with van der Waals surface area (Å²) in [5, 5.41) is 2.06. The summed E-state index contributed by atoms with van der Waals surface area (Å²) in [5.41, 5.74) is 6.14. The van der Waals surface area contributed by atoms with E-state index >= 15 is 0 Å². The van der Waals surface area contributed by atoms with Gasteiger partial charge in [0.05, 0.1) is 6.54 Å². The van der Waals surface area contributed by atoms with E-state index in [-0.39, 0.29) is 24.4 Å². The quantitative estimate of drug-likeness (QED) is 0.904. The normalized spacial score (nSPS) is 22.1. The molecule has 0 spiro atoms. The predicted octanol–water partition coefficient (Wildman–Crippen LogP) is 3.43. The lowest BCUT2D eigenvalue weighted by Crippen LogP contribution is -2.38. The van der Waals surface area contributed by atoms with Crippen molar-refractivity contribution in [3.8, 4) is 0 Å². The molecule has 2 rings (SSSR count). The fourth-order valence-electron chi connectivity index (χ4n) is 2.81. The molecule has 2 atom stereocenters. The molecule has 1 heterocycles. The monoisotopic (exact) mass is 316 g/mol. The highest BCUT2D eigenvalue weighted by Crippen LogP contribution is 2.26. The molecule has 3 nitrogen and oxygen atoms in total. The summed E-state index contributed by atoms with van der Waals surface area (Å²) in [6.45, 7) is 3.57. The van der Waals surface area contributed by atoms with E-state index in [1.165, 1.54) is 17.7 Å². The first-order chi connectivity index (χ1) is 9.20. The predicted molar refractivity (Wildman–Crippen MR) is 87.2 cm³/mol. The average molecular weight is 317 g/mol. The van der Waals surface area contributed by atoms with Crippen LogP contribution in [0.2, 0.25) is 0 Å². The van der Waals surface area contributed by atoms with Crippen LogP contribution in [0.3, 0.4) is 0 Å². The van der Waals surface area contributed by atoms with E-state index in [0.717, 1.165) is 25.9 Å². The molecule has 1 aliphatic carbocycles. The van der Waals surface area contributed by atoms with Crippen molar-refractivity contribution in [2.75, 3.05) is 6.54 Å². The van der Waals surface area contributed by atoms with Crippen molar-refractivity contribution >= 4 is 29.7 Å². The van der Waals surface area contributed by atoms with Gasteiger partial charge >= 0.3 is 0 Å². The first-order valence-electron chi connectivity index (χ1n) is 7.26. The van der Waals surface area contributed by atoms with Gasteiger partial charge in [0.1, 0.15) is 0 Å². The van der Waals surface area contributed by atoms with Crippen LogP contribution in [0, 0.1) is 5.92 Å². The maximum Gasteiger partial charge on any atom is 0.223 e. The van der Waals surface area contributed by atoms with Crippen LogP contribution in [0.4, 0.5) is 0 Å². The van der Waals surface area contributed by atoms with Crippen LogP contribution in [-0.2, 0) is 11.3 Å². The molecule has 0 radical (unpaired) electrons. The maximum absolute atomic E-state index is 12.4. The molecule has 2 unspecified atom stereocenters. The third kappa shape index (κ3) is 4.76. The summed E-state index contributed by atoms with van der Waals surface area (Å²) in [6, 6.07) is 4.35. The topological polar surface area (TPSA) is 46.3 Å². The Hall–Kier alpha value is -0.580. The molecule has 1 fully saturated rings. The Bertz CT molecular complexity index is 397. The van der Waals surface area contributed by atoms with Crippen molar-refractivity contribution in [3.05, 3.63) is 22.4 Å². The zero-order chi connectivity index (χ0) is 13.7. The van der Waals surface area contributed by atoms with Gasteiger partial charge in [0, 0.05) is 23.9 Å². The average Bonchev–Trinajstić information content (AvgIpc) is 2.91. The molecule has 0 bridgehead atoms. The lowest BCUT2D eigenvalue weighted by Gasteiger charge is -2.30. The molecule has 2 N–H and O–H groups in total. The summed E-state index contributed by atoms with van der Waals surface area (Å²) in [4.78, 5) is 15.6. The smallest absolute Gasteiger partial charge is 0.223 e. The van der Waals surface area contributed by atoms with Crippen LogP contribution < -0.4 is 5.73 Å². The lowest BCUT2D eigenvalue weighted by molar-refractivity contribution is -0.133. The van der Waals surface area contributed by atoms with Gasteiger partial charge in [-0.3, -0.25) is 4.79 Å². The summed E-state index contributed by atoms with van der Waals surface area (Å²) in [5.74, 6) is 0.650. The maximum atomic E-state index is 12.4. The first-order valence-corrected chi connectivity index (χ1v) is 8.14. The molecule has 0 aliphatic heterocycles. The van der Waals surface area contributed by atoms with E-state index in [9.17, 15) is 4.79 Å². The Morgan fingerprint density at radius 1 is 1.45 bits per heavy atom. The Morgan fingerprint density at radius 3 is 2.80 bits per heavy atom. The minimum absolute atomic E-state index is 0. The van der Waals surface area contributed by atoms with E-state index in [1.807, 2.05) is 17.9 Å². The van der Waals surface area contributed by atoms with Gasteiger partial charge in [0.25, 0.3) is 0 Å². The van der Waals surface area contributed by atoms with Gasteiger partial charge in [-0.2, -0.15) is 0 Å². The zero-order valence-corrected chi connectivity index (χ0v) is 13.7. The van der Waals surface area contributed by atoms with Gasteiger partial charge in [0.2, 0.25) is 5.91 Å². The van der Waals surface area contributed by atoms with Gasteiger partial charge in [-0.05, 0) is 37.1 Å². The number of hydrogen-bond acceptors (Lipinski definition) is 3. The second-order valence-corrected chi connectivity index (χ2v) is 6.43.